The fraction of sp³-hybridized carbons (Fsp3) is 0.500. The van der Waals surface area contributed by atoms with Gasteiger partial charge in [-0.1, -0.05) is 29.3 Å². The summed E-state index contributed by atoms with van der Waals surface area (Å²) in [5.41, 5.74) is 0.931. The molecule has 6 nitrogen and oxygen atoms in total. The van der Waals surface area contributed by atoms with Crippen LogP contribution in [0, 0.1) is 0 Å². The zero-order valence-electron chi connectivity index (χ0n) is 11.2. The highest BCUT2D eigenvalue weighted by atomic mass is 35.5. The van der Waals surface area contributed by atoms with Gasteiger partial charge in [-0.3, -0.25) is 0 Å². The quantitative estimate of drug-likeness (QED) is 0.748. The standard InChI is InChI=1S/C12H17Cl2N3O3S/c13-10-2-1-8(5-11(10)14)9-6-16-3-4-20-12(9)7-17-21(15,18)19/h1-2,5,9,12,16-17H,3-4,6-7H2,(H2,15,18,19). The first-order valence-corrected chi connectivity index (χ1v) is 8.71. The summed E-state index contributed by atoms with van der Waals surface area (Å²) in [6.45, 7) is 1.94. The third kappa shape index (κ3) is 5.07. The molecule has 1 saturated heterocycles. The van der Waals surface area contributed by atoms with Gasteiger partial charge in [-0.15, -0.1) is 0 Å². The molecule has 1 aliphatic heterocycles. The molecular formula is C12H17Cl2N3O3S. The Hall–Kier alpha value is -0.410. The van der Waals surface area contributed by atoms with Crippen molar-refractivity contribution < 1.29 is 13.2 Å². The largest absolute Gasteiger partial charge is 0.375 e. The molecule has 1 aliphatic rings. The molecule has 2 unspecified atom stereocenters. The Balaban J connectivity index is 2.20. The first-order chi connectivity index (χ1) is 9.87. The number of hydrogen-bond acceptors (Lipinski definition) is 4. The Morgan fingerprint density at radius 1 is 1.38 bits per heavy atom. The monoisotopic (exact) mass is 353 g/mol. The van der Waals surface area contributed by atoms with Gasteiger partial charge < -0.3 is 10.1 Å². The first kappa shape index (κ1) is 17.0. The number of hydrogen-bond donors (Lipinski definition) is 3. The van der Waals surface area contributed by atoms with Gasteiger partial charge in [-0.25, -0.2) is 5.14 Å². The Morgan fingerprint density at radius 2 is 2.14 bits per heavy atom. The molecule has 0 aromatic heterocycles. The third-order valence-electron chi connectivity index (χ3n) is 3.28. The molecule has 4 N–H and O–H groups in total. The predicted octanol–water partition coefficient (Wildman–Crippen LogP) is 0.859. The maximum atomic E-state index is 11.1. The lowest BCUT2D eigenvalue weighted by Crippen LogP contribution is -2.41. The van der Waals surface area contributed by atoms with Crippen molar-refractivity contribution in [3.05, 3.63) is 33.8 Å². The number of nitrogens with one attached hydrogen (secondary N) is 2. The van der Waals surface area contributed by atoms with Crippen molar-refractivity contribution in [2.75, 3.05) is 26.2 Å². The van der Waals surface area contributed by atoms with Crippen LogP contribution in [0.3, 0.4) is 0 Å². The van der Waals surface area contributed by atoms with Crippen molar-refractivity contribution in [2.45, 2.75) is 12.0 Å². The lowest BCUT2D eigenvalue weighted by molar-refractivity contribution is 0.0560. The van der Waals surface area contributed by atoms with Crippen LogP contribution in [-0.4, -0.2) is 40.8 Å². The van der Waals surface area contributed by atoms with Crippen molar-refractivity contribution in [3.8, 4) is 0 Å². The summed E-state index contributed by atoms with van der Waals surface area (Å²) in [6.07, 6.45) is -0.337. The SMILES string of the molecule is NS(=O)(=O)NCC1OCCNCC1c1ccc(Cl)c(Cl)c1. The second-order valence-corrected chi connectivity index (χ2v) is 6.98. The van der Waals surface area contributed by atoms with Gasteiger partial charge >= 0.3 is 0 Å². The van der Waals surface area contributed by atoms with Crippen molar-refractivity contribution in [3.63, 3.8) is 0 Å². The zero-order chi connectivity index (χ0) is 15.5. The van der Waals surface area contributed by atoms with Crippen molar-refractivity contribution in [1.29, 1.82) is 0 Å². The summed E-state index contributed by atoms with van der Waals surface area (Å²) in [5, 5.41) is 9.15. The van der Waals surface area contributed by atoms with Gasteiger partial charge in [0.05, 0.1) is 22.8 Å². The van der Waals surface area contributed by atoms with Gasteiger partial charge in [0.2, 0.25) is 0 Å². The number of halogens is 2. The lowest BCUT2D eigenvalue weighted by atomic mass is 9.93. The van der Waals surface area contributed by atoms with E-state index in [0.29, 0.717) is 29.7 Å². The lowest BCUT2D eigenvalue weighted by Gasteiger charge is -2.25. The fourth-order valence-electron chi connectivity index (χ4n) is 2.26. The van der Waals surface area contributed by atoms with Gasteiger partial charge in [0.1, 0.15) is 0 Å². The van der Waals surface area contributed by atoms with Gasteiger partial charge in [-0.2, -0.15) is 13.1 Å². The van der Waals surface area contributed by atoms with Gasteiger partial charge in [0.25, 0.3) is 10.2 Å². The van der Waals surface area contributed by atoms with Gasteiger partial charge in [0.15, 0.2) is 0 Å². The minimum Gasteiger partial charge on any atom is -0.375 e. The van der Waals surface area contributed by atoms with E-state index in [9.17, 15) is 8.42 Å². The molecule has 0 spiro atoms. The molecule has 0 radical (unpaired) electrons. The summed E-state index contributed by atoms with van der Waals surface area (Å²) in [7, 11) is -3.75. The van der Waals surface area contributed by atoms with Gasteiger partial charge in [-0.05, 0) is 17.7 Å². The molecule has 1 heterocycles. The first-order valence-electron chi connectivity index (χ1n) is 6.41. The maximum absolute atomic E-state index is 11.1. The Morgan fingerprint density at radius 3 is 2.81 bits per heavy atom. The Labute approximate surface area is 134 Å². The second-order valence-electron chi connectivity index (χ2n) is 4.79. The average Bonchev–Trinajstić information content (AvgIpc) is 2.64. The molecule has 21 heavy (non-hydrogen) atoms. The molecule has 2 atom stereocenters. The topological polar surface area (TPSA) is 93.5 Å². The maximum Gasteiger partial charge on any atom is 0.274 e. The molecule has 0 amide bonds. The normalized spacial score (nSPS) is 23.8. The van der Waals surface area contributed by atoms with E-state index in [4.69, 9.17) is 33.1 Å². The van der Waals surface area contributed by atoms with Crippen LogP contribution in [0.15, 0.2) is 18.2 Å². The van der Waals surface area contributed by atoms with Crippen molar-refractivity contribution in [2.24, 2.45) is 5.14 Å². The van der Waals surface area contributed by atoms with Crippen molar-refractivity contribution in [1.82, 2.24) is 10.0 Å². The number of rotatable bonds is 4. The van der Waals surface area contributed by atoms with Crippen LogP contribution in [0.4, 0.5) is 0 Å². The van der Waals surface area contributed by atoms with Crippen LogP contribution in [0.2, 0.25) is 10.0 Å². The highest BCUT2D eigenvalue weighted by molar-refractivity contribution is 7.87. The van der Waals surface area contributed by atoms with Crippen LogP contribution in [0.1, 0.15) is 11.5 Å². The molecule has 118 valence electrons. The molecule has 2 rings (SSSR count). The predicted molar refractivity (Wildman–Crippen MR) is 82.9 cm³/mol. The summed E-state index contributed by atoms with van der Waals surface area (Å²) in [4.78, 5) is 0. The second kappa shape index (κ2) is 7.23. The Bertz CT molecular complexity index is 597. The van der Waals surface area contributed by atoms with E-state index in [0.717, 1.165) is 5.56 Å². The van der Waals surface area contributed by atoms with E-state index >= 15 is 0 Å². The molecule has 0 aliphatic carbocycles. The summed E-state index contributed by atoms with van der Waals surface area (Å²) >= 11 is 12.0. The number of nitrogens with two attached hydrogens (primary N) is 1. The third-order valence-corrected chi connectivity index (χ3v) is 4.59. The summed E-state index contributed by atoms with van der Waals surface area (Å²) in [5.74, 6) is -0.0588. The summed E-state index contributed by atoms with van der Waals surface area (Å²) < 4.78 is 30.1. The van der Waals surface area contributed by atoms with Crippen LogP contribution in [0.25, 0.3) is 0 Å². The molecule has 1 fully saturated rings. The highest BCUT2D eigenvalue weighted by Gasteiger charge is 2.27. The molecule has 1 aromatic carbocycles. The zero-order valence-corrected chi connectivity index (χ0v) is 13.5. The fourth-order valence-corrected chi connectivity index (χ4v) is 2.97. The summed E-state index contributed by atoms with van der Waals surface area (Å²) in [6, 6.07) is 5.35. The van der Waals surface area contributed by atoms with E-state index in [1.165, 1.54) is 0 Å². The molecule has 0 saturated carbocycles. The minimum atomic E-state index is -3.75. The molecular weight excluding hydrogens is 337 g/mol. The number of benzene rings is 1. The number of ether oxygens (including phenoxy) is 1. The van der Waals surface area contributed by atoms with Crippen LogP contribution < -0.4 is 15.2 Å². The highest BCUT2D eigenvalue weighted by Crippen LogP contribution is 2.29. The Kier molecular flexibility index (Phi) is 5.84. The van der Waals surface area contributed by atoms with E-state index in [1.54, 1.807) is 12.1 Å². The van der Waals surface area contributed by atoms with Crippen LogP contribution in [0.5, 0.6) is 0 Å². The molecule has 9 heteroatoms. The van der Waals surface area contributed by atoms with E-state index in [-0.39, 0.29) is 18.6 Å². The molecule has 1 aromatic rings. The van der Waals surface area contributed by atoms with E-state index < -0.39 is 10.2 Å². The van der Waals surface area contributed by atoms with Gasteiger partial charge in [0, 0.05) is 25.6 Å². The smallest absolute Gasteiger partial charge is 0.274 e. The van der Waals surface area contributed by atoms with Crippen molar-refractivity contribution >= 4 is 33.4 Å². The average molecular weight is 354 g/mol. The van der Waals surface area contributed by atoms with Crippen LogP contribution >= 0.6 is 23.2 Å². The minimum absolute atomic E-state index is 0.0588. The van der Waals surface area contributed by atoms with E-state index in [1.807, 2.05) is 6.07 Å². The van der Waals surface area contributed by atoms with E-state index in [2.05, 4.69) is 10.0 Å². The van der Waals surface area contributed by atoms with Crippen LogP contribution in [-0.2, 0) is 14.9 Å². The molecule has 0 bridgehead atoms.